The normalized spacial score (nSPS) is 15.2. The van der Waals surface area contributed by atoms with E-state index in [0.717, 1.165) is 10.6 Å². The van der Waals surface area contributed by atoms with Crippen LogP contribution in [0.1, 0.15) is 18.5 Å². The summed E-state index contributed by atoms with van der Waals surface area (Å²) < 4.78 is 18.4. The van der Waals surface area contributed by atoms with Gasteiger partial charge in [0.05, 0.1) is 0 Å². The predicted molar refractivity (Wildman–Crippen MR) is 125 cm³/mol. The van der Waals surface area contributed by atoms with E-state index in [4.69, 9.17) is 0 Å². The zero-order valence-electron chi connectivity index (χ0n) is 17.5. The minimum atomic E-state index is -2.98. The Morgan fingerprint density at radius 3 is 1.86 bits per heavy atom. The van der Waals surface area contributed by atoms with E-state index in [1.54, 1.807) is 0 Å². The molecular weight excluding hydrogens is 468 g/mol. The van der Waals surface area contributed by atoms with Gasteiger partial charge in [-0.3, -0.25) is 0 Å². The Morgan fingerprint density at radius 2 is 1.29 bits per heavy atom. The molecule has 0 heterocycles. The molecule has 3 aromatic rings. The zero-order valence-corrected chi connectivity index (χ0v) is 21.2. The summed E-state index contributed by atoms with van der Waals surface area (Å²) in [6.45, 7) is 2.15. The van der Waals surface area contributed by atoms with Crippen LogP contribution in [0.3, 0.4) is 0 Å². The fourth-order valence-electron chi connectivity index (χ4n) is 3.68. The van der Waals surface area contributed by atoms with Crippen LogP contribution in [0.5, 0.6) is 0 Å². The number of hydrogen-bond donors (Lipinski definition) is 0. The molecule has 0 saturated carbocycles. The Hall–Kier alpha value is -1.35. The van der Waals surface area contributed by atoms with Gasteiger partial charge in [0.15, 0.2) is 0 Å². The molecule has 0 N–H and O–H groups in total. The van der Waals surface area contributed by atoms with E-state index >= 15 is 0 Å². The van der Waals surface area contributed by atoms with Crippen molar-refractivity contribution in [1.82, 2.24) is 4.67 Å². The summed E-state index contributed by atoms with van der Waals surface area (Å²) in [6, 6.07) is 28.8. The fourth-order valence-corrected chi connectivity index (χ4v) is 14.2. The molecule has 28 heavy (non-hydrogen) atoms. The molecule has 0 radical (unpaired) electrons. The van der Waals surface area contributed by atoms with E-state index in [0.29, 0.717) is 0 Å². The molecule has 2 atom stereocenters. The molecule has 0 saturated heterocycles. The molecule has 2 nitrogen and oxygen atoms in total. The van der Waals surface area contributed by atoms with E-state index < -0.39 is 25.7 Å². The van der Waals surface area contributed by atoms with Gasteiger partial charge < -0.3 is 0 Å². The SMILES string of the molecule is C[C@H](c1ccccc1)N(C)P(=O)(c1ccccc1)c1cccc[c]1[Sn]([CH3])([CH3])[CH3]. The van der Waals surface area contributed by atoms with Gasteiger partial charge in [0.25, 0.3) is 0 Å². The maximum atomic E-state index is 15.0. The molecule has 0 aliphatic rings. The van der Waals surface area contributed by atoms with Crippen molar-refractivity contribution in [3.05, 3.63) is 90.5 Å². The molecule has 0 fully saturated rings. The number of benzene rings is 3. The van der Waals surface area contributed by atoms with Gasteiger partial charge in [-0.15, -0.1) is 0 Å². The van der Waals surface area contributed by atoms with Gasteiger partial charge in [0.1, 0.15) is 0 Å². The predicted octanol–water partition coefficient (Wildman–Crippen LogP) is 5.15. The van der Waals surface area contributed by atoms with Crippen LogP contribution in [-0.4, -0.2) is 30.1 Å². The van der Waals surface area contributed by atoms with Crippen LogP contribution in [-0.2, 0) is 4.57 Å². The first-order chi connectivity index (χ1) is 13.3. The maximum absolute atomic E-state index is 15.0. The van der Waals surface area contributed by atoms with E-state index in [9.17, 15) is 4.57 Å². The second-order valence-electron chi connectivity index (χ2n) is 8.34. The summed E-state index contributed by atoms with van der Waals surface area (Å²) in [7, 11) is -0.971. The Kier molecular flexibility index (Phi) is 6.54. The summed E-state index contributed by atoms with van der Waals surface area (Å²) in [6.07, 6.45) is 0. The second kappa shape index (κ2) is 8.57. The van der Waals surface area contributed by atoms with E-state index in [2.05, 4.69) is 56.7 Å². The molecule has 0 bridgehead atoms. The molecule has 0 aromatic heterocycles. The minimum absolute atomic E-state index is 0.0375. The van der Waals surface area contributed by atoms with Crippen LogP contribution in [0, 0.1) is 0 Å². The Labute approximate surface area is 173 Å². The van der Waals surface area contributed by atoms with Crippen molar-refractivity contribution in [3.8, 4) is 0 Å². The first-order valence-electron chi connectivity index (χ1n) is 9.80. The molecule has 0 aliphatic carbocycles. The number of nitrogens with zero attached hydrogens (tertiary/aromatic N) is 1. The molecule has 3 aromatic carbocycles. The average Bonchev–Trinajstić information content (AvgIpc) is 2.72. The molecular formula is C24H30NOPSn. The Balaban J connectivity index is 2.23. The van der Waals surface area contributed by atoms with Gasteiger partial charge in [-0.05, 0) is 0 Å². The molecule has 1 unspecified atom stereocenters. The molecule has 3 rings (SSSR count). The summed E-state index contributed by atoms with van der Waals surface area (Å²) in [5.41, 5.74) is 1.18. The Morgan fingerprint density at radius 1 is 0.786 bits per heavy atom. The second-order valence-corrected chi connectivity index (χ2v) is 25.5. The molecule has 0 amide bonds. The number of rotatable bonds is 6. The summed E-state index contributed by atoms with van der Waals surface area (Å²) in [5.74, 6) is 0. The third kappa shape index (κ3) is 4.15. The van der Waals surface area contributed by atoms with Crippen molar-refractivity contribution in [1.29, 1.82) is 0 Å². The van der Waals surface area contributed by atoms with Gasteiger partial charge in [-0.1, -0.05) is 0 Å². The van der Waals surface area contributed by atoms with Gasteiger partial charge in [-0.25, -0.2) is 0 Å². The van der Waals surface area contributed by atoms with E-state index in [-0.39, 0.29) is 6.04 Å². The summed E-state index contributed by atoms with van der Waals surface area (Å²) in [4.78, 5) is 7.18. The van der Waals surface area contributed by atoms with E-state index in [1.165, 1.54) is 9.14 Å². The average molecular weight is 498 g/mol. The van der Waals surface area contributed by atoms with Crippen molar-refractivity contribution in [2.45, 2.75) is 27.8 Å². The first kappa shape index (κ1) is 21.4. The third-order valence-electron chi connectivity index (χ3n) is 5.43. The van der Waals surface area contributed by atoms with Crippen LogP contribution in [0.4, 0.5) is 0 Å². The van der Waals surface area contributed by atoms with Crippen LogP contribution in [0.15, 0.2) is 84.9 Å². The van der Waals surface area contributed by atoms with Crippen LogP contribution < -0.4 is 14.2 Å². The van der Waals surface area contributed by atoms with Crippen molar-refractivity contribution in [2.75, 3.05) is 7.05 Å². The van der Waals surface area contributed by atoms with Gasteiger partial charge >= 0.3 is 174 Å². The quantitative estimate of drug-likeness (QED) is 0.346. The van der Waals surface area contributed by atoms with Crippen LogP contribution in [0.2, 0.25) is 14.8 Å². The summed E-state index contributed by atoms with van der Waals surface area (Å²) in [5, 5.41) is 1.93. The first-order valence-corrected chi connectivity index (χ1v) is 21.4. The zero-order chi connectivity index (χ0) is 20.4. The van der Waals surface area contributed by atoms with Crippen LogP contribution in [0.25, 0.3) is 0 Å². The number of hydrogen-bond acceptors (Lipinski definition) is 1. The topological polar surface area (TPSA) is 20.3 Å². The third-order valence-corrected chi connectivity index (χ3v) is 15.2. The molecule has 0 spiro atoms. The van der Waals surface area contributed by atoms with Crippen molar-refractivity contribution in [2.24, 2.45) is 0 Å². The molecule has 0 aliphatic heterocycles. The van der Waals surface area contributed by atoms with Gasteiger partial charge in [0, 0.05) is 0 Å². The van der Waals surface area contributed by atoms with Crippen molar-refractivity contribution in [3.63, 3.8) is 0 Å². The van der Waals surface area contributed by atoms with Crippen molar-refractivity contribution >= 4 is 39.9 Å². The van der Waals surface area contributed by atoms with Crippen molar-refractivity contribution < 1.29 is 4.57 Å². The van der Waals surface area contributed by atoms with Crippen LogP contribution >= 0.6 is 7.29 Å². The Bertz CT molecular complexity index is 967. The summed E-state index contributed by atoms with van der Waals surface area (Å²) >= 11 is -2.49. The van der Waals surface area contributed by atoms with Gasteiger partial charge in [-0.2, -0.15) is 0 Å². The molecule has 4 heteroatoms. The fraction of sp³-hybridized carbons (Fsp3) is 0.250. The standard InChI is InChI=1S/C21H21NOP.3CH3.Sn/c1-18(19-12-6-3-7-13-19)22(2)24(23,20-14-8-4-9-15-20)21-16-10-5-11-17-21;;;;/h3-16,18H,1-2H3;3*1H3;/t18-,24?;;;;/m1..../s1. The van der Waals surface area contributed by atoms with E-state index in [1.807, 2.05) is 61.6 Å². The monoisotopic (exact) mass is 499 g/mol. The molecule has 146 valence electrons. The van der Waals surface area contributed by atoms with Gasteiger partial charge in [0.2, 0.25) is 0 Å².